The van der Waals surface area contributed by atoms with Crippen LogP contribution in [-0.4, -0.2) is 37.0 Å². The van der Waals surface area contributed by atoms with Crippen molar-refractivity contribution in [2.75, 3.05) is 25.5 Å². The van der Waals surface area contributed by atoms with Gasteiger partial charge in [0.1, 0.15) is 12.2 Å². The molecule has 0 spiro atoms. The van der Waals surface area contributed by atoms with E-state index >= 15 is 0 Å². The highest BCUT2D eigenvalue weighted by Gasteiger charge is 2.17. The molecule has 20 heavy (non-hydrogen) atoms. The fourth-order valence-electron chi connectivity index (χ4n) is 1.48. The van der Waals surface area contributed by atoms with E-state index in [2.05, 4.69) is 15.4 Å². The van der Waals surface area contributed by atoms with Gasteiger partial charge in [0, 0.05) is 18.2 Å². The first-order valence-electron chi connectivity index (χ1n) is 5.87. The quantitative estimate of drug-likeness (QED) is 0.456. The summed E-state index contributed by atoms with van der Waals surface area (Å²) in [7, 11) is 1.21. The van der Waals surface area contributed by atoms with Gasteiger partial charge in [0.05, 0.1) is 12.0 Å². The third kappa shape index (κ3) is 3.94. The first-order chi connectivity index (χ1) is 9.49. The van der Waals surface area contributed by atoms with Crippen LogP contribution in [0.3, 0.4) is 0 Å². The van der Waals surface area contributed by atoms with Crippen LogP contribution >= 0.6 is 0 Å². The summed E-state index contributed by atoms with van der Waals surface area (Å²) in [5, 5.41) is 16.1. The Morgan fingerprint density at radius 2 is 2.10 bits per heavy atom. The number of nitrogens with zero attached hydrogens (tertiary/aromatic N) is 1. The zero-order valence-electron chi connectivity index (χ0n) is 11.1. The summed E-state index contributed by atoms with van der Waals surface area (Å²) in [5.41, 5.74) is 0.135. The largest absolute Gasteiger partial charge is 0.468 e. The lowest BCUT2D eigenvalue weighted by atomic mass is 10.1. The van der Waals surface area contributed by atoms with Gasteiger partial charge in [-0.3, -0.25) is 19.7 Å². The summed E-state index contributed by atoms with van der Waals surface area (Å²) in [4.78, 5) is 33.0. The van der Waals surface area contributed by atoms with Crippen molar-refractivity contribution in [3.05, 3.63) is 33.9 Å². The number of amides is 1. The number of methoxy groups -OCH3 is 1. The number of benzene rings is 1. The highest BCUT2D eigenvalue weighted by molar-refractivity contribution is 5.96. The van der Waals surface area contributed by atoms with E-state index in [0.717, 1.165) is 0 Å². The topological polar surface area (TPSA) is 111 Å². The minimum atomic E-state index is -0.596. The third-order valence-corrected chi connectivity index (χ3v) is 2.44. The van der Waals surface area contributed by atoms with Gasteiger partial charge in [-0.2, -0.15) is 0 Å². The number of carbonyl (C=O) groups is 2. The van der Waals surface area contributed by atoms with Crippen LogP contribution < -0.4 is 10.6 Å². The lowest BCUT2D eigenvalue weighted by molar-refractivity contribution is -0.384. The smallest absolute Gasteiger partial charge is 0.325 e. The number of rotatable bonds is 6. The maximum atomic E-state index is 11.7. The van der Waals surface area contributed by atoms with Gasteiger partial charge in [-0.15, -0.1) is 0 Å². The van der Waals surface area contributed by atoms with Crippen LogP contribution in [0, 0.1) is 10.1 Å². The number of hydrogen-bond acceptors (Lipinski definition) is 6. The minimum absolute atomic E-state index is 0.0872. The van der Waals surface area contributed by atoms with E-state index in [1.807, 2.05) is 0 Å². The highest BCUT2D eigenvalue weighted by Crippen LogP contribution is 2.25. The normalized spacial score (nSPS) is 9.70. The molecule has 0 saturated carbocycles. The van der Waals surface area contributed by atoms with E-state index in [1.165, 1.54) is 25.3 Å². The number of nitrogens with one attached hydrogen (secondary N) is 2. The summed E-state index contributed by atoms with van der Waals surface area (Å²) in [6.07, 6.45) is 0. The van der Waals surface area contributed by atoms with Gasteiger partial charge in [0.2, 0.25) is 0 Å². The number of nitro groups is 1. The molecule has 1 aromatic rings. The molecule has 0 unspecified atom stereocenters. The summed E-state index contributed by atoms with van der Waals surface area (Å²) in [5.74, 6) is -0.911. The van der Waals surface area contributed by atoms with Gasteiger partial charge in [0.25, 0.3) is 11.6 Å². The van der Waals surface area contributed by atoms with Crippen LogP contribution in [0.4, 0.5) is 11.4 Å². The van der Waals surface area contributed by atoms with Crippen molar-refractivity contribution < 1.29 is 19.2 Å². The van der Waals surface area contributed by atoms with Crippen molar-refractivity contribution >= 4 is 23.3 Å². The molecule has 0 bridgehead atoms. The van der Waals surface area contributed by atoms with Crippen molar-refractivity contribution in [3.63, 3.8) is 0 Å². The molecule has 0 aromatic heterocycles. The number of ether oxygens (including phenoxy) is 1. The monoisotopic (exact) mass is 281 g/mol. The van der Waals surface area contributed by atoms with E-state index in [4.69, 9.17) is 0 Å². The molecular formula is C12H15N3O5. The zero-order valence-corrected chi connectivity index (χ0v) is 11.1. The van der Waals surface area contributed by atoms with Crippen LogP contribution in [0.5, 0.6) is 0 Å². The Bertz CT molecular complexity index is 530. The summed E-state index contributed by atoms with van der Waals surface area (Å²) in [6, 6.07) is 3.89. The summed E-state index contributed by atoms with van der Waals surface area (Å²) < 4.78 is 4.44. The molecule has 8 nitrogen and oxygen atoms in total. The molecule has 0 aliphatic heterocycles. The van der Waals surface area contributed by atoms with Crippen LogP contribution in [0.25, 0.3) is 0 Å². The van der Waals surface area contributed by atoms with Crippen LogP contribution in [0.1, 0.15) is 17.3 Å². The standard InChI is InChI=1S/C12H15N3O5/c1-3-13-12(17)8-4-5-10(15(18)19)9(6-8)14-7-11(16)20-2/h4-6,14H,3,7H2,1-2H3,(H,13,17). The molecule has 1 aromatic carbocycles. The van der Waals surface area contributed by atoms with Gasteiger partial charge < -0.3 is 15.4 Å². The molecule has 1 rings (SSSR count). The molecule has 0 fully saturated rings. The number of esters is 1. The van der Waals surface area contributed by atoms with Crippen molar-refractivity contribution in [1.82, 2.24) is 5.32 Å². The van der Waals surface area contributed by atoms with E-state index in [0.29, 0.717) is 6.54 Å². The molecule has 0 aliphatic rings. The van der Waals surface area contributed by atoms with Crippen LogP contribution in [0.15, 0.2) is 18.2 Å². The van der Waals surface area contributed by atoms with Gasteiger partial charge >= 0.3 is 5.97 Å². The Balaban J connectivity index is 3.02. The lowest BCUT2D eigenvalue weighted by Gasteiger charge is -2.08. The van der Waals surface area contributed by atoms with Crippen LogP contribution in [-0.2, 0) is 9.53 Å². The molecule has 0 atom stereocenters. The fraction of sp³-hybridized carbons (Fsp3) is 0.333. The maximum Gasteiger partial charge on any atom is 0.325 e. The van der Waals surface area contributed by atoms with E-state index in [-0.39, 0.29) is 29.4 Å². The maximum absolute atomic E-state index is 11.7. The van der Waals surface area contributed by atoms with E-state index < -0.39 is 10.9 Å². The predicted molar refractivity (Wildman–Crippen MR) is 71.6 cm³/mol. The molecule has 2 N–H and O–H groups in total. The van der Waals surface area contributed by atoms with Gasteiger partial charge in [-0.1, -0.05) is 0 Å². The molecule has 0 heterocycles. The Morgan fingerprint density at radius 3 is 2.65 bits per heavy atom. The Morgan fingerprint density at radius 1 is 1.40 bits per heavy atom. The summed E-state index contributed by atoms with van der Waals surface area (Å²) in [6.45, 7) is 1.98. The Hall–Kier alpha value is -2.64. The molecule has 1 amide bonds. The first-order valence-corrected chi connectivity index (χ1v) is 5.87. The second-order valence-electron chi connectivity index (χ2n) is 3.78. The van der Waals surface area contributed by atoms with Gasteiger partial charge in [-0.05, 0) is 19.1 Å². The minimum Gasteiger partial charge on any atom is -0.468 e. The van der Waals surface area contributed by atoms with Gasteiger partial charge in [0.15, 0.2) is 0 Å². The second kappa shape index (κ2) is 7.07. The molecular weight excluding hydrogens is 266 g/mol. The number of hydrogen-bond donors (Lipinski definition) is 2. The van der Waals surface area contributed by atoms with Crippen LogP contribution in [0.2, 0.25) is 0 Å². The number of carbonyl (C=O) groups excluding carboxylic acids is 2. The predicted octanol–water partition coefficient (Wildman–Crippen LogP) is 0.929. The van der Waals surface area contributed by atoms with Crippen molar-refractivity contribution in [2.24, 2.45) is 0 Å². The fourth-order valence-corrected chi connectivity index (χ4v) is 1.48. The van der Waals surface area contributed by atoms with Crippen molar-refractivity contribution in [2.45, 2.75) is 6.92 Å². The molecule has 108 valence electrons. The third-order valence-electron chi connectivity index (χ3n) is 2.44. The Labute approximate surface area is 115 Å². The van der Waals surface area contributed by atoms with E-state index in [9.17, 15) is 19.7 Å². The van der Waals surface area contributed by atoms with Gasteiger partial charge in [-0.25, -0.2) is 0 Å². The highest BCUT2D eigenvalue weighted by atomic mass is 16.6. The number of anilines is 1. The summed E-state index contributed by atoms with van der Waals surface area (Å²) >= 11 is 0. The number of nitro benzene ring substituents is 1. The SMILES string of the molecule is CCNC(=O)c1ccc([N+](=O)[O-])c(NCC(=O)OC)c1. The average molecular weight is 281 g/mol. The molecule has 0 radical (unpaired) electrons. The molecule has 0 saturated heterocycles. The van der Waals surface area contributed by atoms with E-state index in [1.54, 1.807) is 6.92 Å². The van der Waals surface area contributed by atoms with Crippen molar-refractivity contribution in [3.8, 4) is 0 Å². The first kappa shape index (κ1) is 15.4. The zero-order chi connectivity index (χ0) is 15.1. The lowest BCUT2D eigenvalue weighted by Crippen LogP contribution is -2.23. The second-order valence-corrected chi connectivity index (χ2v) is 3.78. The molecule has 0 aliphatic carbocycles. The average Bonchev–Trinajstić information content (AvgIpc) is 2.44. The molecule has 8 heteroatoms. The Kier molecular flexibility index (Phi) is 5.45. The van der Waals surface area contributed by atoms with Crippen molar-refractivity contribution in [1.29, 1.82) is 0 Å².